The fraction of sp³-hybridized carbons (Fsp3) is 0.263. The van der Waals surface area contributed by atoms with Crippen molar-refractivity contribution in [2.24, 2.45) is 0 Å². The van der Waals surface area contributed by atoms with Crippen molar-refractivity contribution >= 4 is 29.1 Å². The first-order chi connectivity index (χ1) is 12.8. The van der Waals surface area contributed by atoms with Gasteiger partial charge in [0.2, 0.25) is 5.91 Å². The highest BCUT2D eigenvalue weighted by Crippen LogP contribution is 2.34. The van der Waals surface area contributed by atoms with E-state index in [1.807, 2.05) is 32.0 Å². The summed E-state index contributed by atoms with van der Waals surface area (Å²) in [5.41, 5.74) is 3.62. The molecule has 8 heteroatoms. The van der Waals surface area contributed by atoms with E-state index in [4.69, 9.17) is 23.2 Å². The number of benzene rings is 2. The van der Waals surface area contributed by atoms with Crippen LogP contribution in [0.2, 0.25) is 10.0 Å². The number of halogens is 2. The minimum absolute atomic E-state index is 0.137. The minimum atomic E-state index is -0.568. The van der Waals surface area contributed by atoms with E-state index in [-0.39, 0.29) is 5.91 Å². The quantitative estimate of drug-likeness (QED) is 0.655. The van der Waals surface area contributed by atoms with Crippen LogP contribution in [0, 0.1) is 13.8 Å². The van der Waals surface area contributed by atoms with Crippen molar-refractivity contribution in [3.05, 3.63) is 69.0 Å². The van der Waals surface area contributed by atoms with Crippen LogP contribution in [-0.2, 0) is 4.79 Å². The first kappa shape index (κ1) is 19.3. The van der Waals surface area contributed by atoms with Crippen LogP contribution in [0.15, 0.2) is 36.4 Å². The van der Waals surface area contributed by atoms with Crippen LogP contribution >= 0.6 is 23.2 Å². The van der Waals surface area contributed by atoms with Gasteiger partial charge in [0.1, 0.15) is 6.04 Å². The van der Waals surface area contributed by atoms with E-state index in [1.165, 1.54) is 6.92 Å². The second-order valence-corrected chi connectivity index (χ2v) is 7.23. The van der Waals surface area contributed by atoms with Crippen molar-refractivity contribution in [3.8, 4) is 5.69 Å². The first-order valence-corrected chi connectivity index (χ1v) is 9.10. The number of tetrazole rings is 1. The molecule has 1 unspecified atom stereocenters. The molecule has 1 amide bonds. The molecule has 0 aliphatic rings. The number of aromatic nitrogens is 4. The molecule has 27 heavy (non-hydrogen) atoms. The lowest BCUT2D eigenvalue weighted by atomic mass is 10.0. The summed E-state index contributed by atoms with van der Waals surface area (Å²) in [6.45, 7) is 5.48. The van der Waals surface area contributed by atoms with E-state index in [0.717, 1.165) is 16.8 Å². The zero-order chi connectivity index (χ0) is 19.7. The summed E-state index contributed by atoms with van der Waals surface area (Å²) in [5, 5.41) is 13.3. The number of amides is 1. The third-order valence-corrected chi connectivity index (χ3v) is 5.09. The molecular weight excluding hydrogens is 385 g/mol. The molecule has 6 nitrogen and oxygen atoms in total. The summed E-state index contributed by atoms with van der Waals surface area (Å²) in [6.07, 6.45) is 0. The van der Waals surface area contributed by atoms with E-state index in [2.05, 4.69) is 15.5 Å². The molecule has 0 spiro atoms. The average molecular weight is 404 g/mol. The molecule has 0 aliphatic heterocycles. The molecule has 1 aromatic heterocycles. The molecule has 0 saturated carbocycles. The topological polar surface area (TPSA) is 63.9 Å². The maximum Gasteiger partial charge on any atom is 0.220 e. The van der Waals surface area contributed by atoms with E-state index < -0.39 is 6.04 Å². The number of aryl methyl sites for hydroxylation is 2. The van der Waals surface area contributed by atoms with Gasteiger partial charge in [-0.2, -0.15) is 4.68 Å². The molecule has 0 radical (unpaired) electrons. The summed E-state index contributed by atoms with van der Waals surface area (Å²) >= 11 is 12.5. The Morgan fingerprint density at radius 1 is 1.15 bits per heavy atom. The Hall–Kier alpha value is -2.44. The molecule has 3 rings (SSSR count). The lowest BCUT2D eigenvalue weighted by Crippen LogP contribution is -2.32. The Morgan fingerprint density at radius 3 is 2.41 bits per heavy atom. The third kappa shape index (κ3) is 3.68. The number of carbonyl (C=O) groups is 1. The maximum absolute atomic E-state index is 12.2. The zero-order valence-corrected chi connectivity index (χ0v) is 17.0. The molecule has 0 aliphatic carbocycles. The zero-order valence-electron chi connectivity index (χ0n) is 15.4. The molecule has 140 valence electrons. The predicted molar refractivity (Wildman–Crippen MR) is 105 cm³/mol. The number of carbonyl (C=O) groups excluding carboxylic acids is 1. The third-order valence-electron chi connectivity index (χ3n) is 4.53. The molecule has 1 heterocycles. The Balaban J connectivity index is 2.24. The molecular formula is C19H19Cl2N5O. The Morgan fingerprint density at radius 2 is 1.81 bits per heavy atom. The molecule has 2 aromatic carbocycles. The molecule has 0 N–H and O–H groups in total. The molecule has 3 aromatic rings. The van der Waals surface area contributed by atoms with E-state index in [0.29, 0.717) is 21.4 Å². The highest BCUT2D eigenvalue weighted by atomic mass is 35.5. The van der Waals surface area contributed by atoms with Gasteiger partial charge in [-0.05, 0) is 47.5 Å². The summed E-state index contributed by atoms with van der Waals surface area (Å²) < 4.78 is 1.67. The van der Waals surface area contributed by atoms with E-state index >= 15 is 0 Å². The van der Waals surface area contributed by atoms with Crippen molar-refractivity contribution in [3.63, 3.8) is 0 Å². The summed E-state index contributed by atoms with van der Waals surface area (Å²) in [4.78, 5) is 13.8. The smallest absolute Gasteiger partial charge is 0.220 e. The average Bonchev–Trinajstić information content (AvgIpc) is 3.05. The maximum atomic E-state index is 12.2. The van der Waals surface area contributed by atoms with Gasteiger partial charge >= 0.3 is 0 Å². The largest absolute Gasteiger partial charge is 0.331 e. The Bertz CT molecular complexity index is 981. The summed E-state index contributed by atoms with van der Waals surface area (Å²) in [6, 6.07) is 10.6. The van der Waals surface area contributed by atoms with Crippen LogP contribution in [-0.4, -0.2) is 38.1 Å². The molecule has 1 atom stereocenters. The van der Waals surface area contributed by atoms with Crippen LogP contribution in [0.3, 0.4) is 0 Å². The van der Waals surface area contributed by atoms with Crippen LogP contribution in [0.5, 0.6) is 0 Å². The summed E-state index contributed by atoms with van der Waals surface area (Å²) in [7, 11) is 1.70. The van der Waals surface area contributed by atoms with Crippen LogP contribution in [0.4, 0.5) is 0 Å². The second-order valence-electron chi connectivity index (χ2n) is 6.39. The highest BCUT2D eigenvalue weighted by molar-refractivity contribution is 6.35. The predicted octanol–water partition coefficient (Wildman–Crippen LogP) is 4.15. The van der Waals surface area contributed by atoms with Crippen molar-refractivity contribution in [2.75, 3.05) is 7.05 Å². The number of hydrogen-bond acceptors (Lipinski definition) is 4. The number of rotatable bonds is 4. The monoisotopic (exact) mass is 403 g/mol. The second kappa shape index (κ2) is 7.66. The van der Waals surface area contributed by atoms with Gasteiger partial charge in [0.05, 0.1) is 5.69 Å². The van der Waals surface area contributed by atoms with Gasteiger partial charge in [-0.3, -0.25) is 4.79 Å². The Labute approximate surface area is 167 Å². The van der Waals surface area contributed by atoms with Gasteiger partial charge in [0.25, 0.3) is 0 Å². The van der Waals surface area contributed by atoms with Crippen LogP contribution < -0.4 is 0 Å². The lowest BCUT2D eigenvalue weighted by molar-refractivity contribution is -0.129. The van der Waals surface area contributed by atoms with Crippen molar-refractivity contribution in [1.29, 1.82) is 0 Å². The van der Waals surface area contributed by atoms with Crippen molar-refractivity contribution < 1.29 is 4.79 Å². The molecule has 0 saturated heterocycles. The number of nitrogens with zero attached hydrogens (tertiary/aromatic N) is 5. The van der Waals surface area contributed by atoms with Gasteiger partial charge in [0.15, 0.2) is 5.82 Å². The number of para-hydroxylation sites is 1. The fourth-order valence-electron chi connectivity index (χ4n) is 3.09. The van der Waals surface area contributed by atoms with Crippen LogP contribution in [0.25, 0.3) is 5.69 Å². The molecule has 0 fully saturated rings. The first-order valence-electron chi connectivity index (χ1n) is 8.34. The standard InChI is InChI=1S/C19H19Cl2N5O/c1-11-6-5-7-12(2)17(11)26-19(22-23-24-26)18(25(4)13(3)27)15-9-8-14(20)10-16(15)21/h5-10,18H,1-4H3. The van der Waals surface area contributed by atoms with Gasteiger partial charge in [-0.25, -0.2) is 0 Å². The van der Waals surface area contributed by atoms with E-state index in [1.54, 1.807) is 34.8 Å². The van der Waals surface area contributed by atoms with Crippen molar-refractivity contribution in [1.82, 2.24) is 25.1 Å². The molecule has 0 bridgehead atoms. The van der Waals surface area contributed by atoms with Gasteiger partial charge in [0, 0.05) is 29.6 Å². The normalized spacial score (nSPS) is 12.1. The minimum Gasteiger partial charge on any atom is -0.331 e. The Kier molecular flexibility index (Phi) is 5.48. The van der Waals surface area contributed by atoms with Gasteiger partial charge in [-0.1, -0.05) is 47.5 Å². The van der Waals surface area contributed by atoms with Crippen LogP contribution in [0.1, 0.15) is 35.5 Å². The van der Waals surface area contributed by atoms with E-state index in [9.17, 15) is 4.79 Å². The van der Waals surface area contributed by atoms with Gasteiger partial charge in [-0.15, -0.1) is 5.10 Å². The van der Waals surface area contributed by atoms with Gasteiger partial charge < -0.3 is 4.90 Å². The highest BCUT2D eigenvalue weighted by Gasteiger charge is 2.30. The van der Waals surface area contributed by atoms with Crippen molar-refractivity contribution in [2.45, 2.75) is 26.8 Å². The number of hydrogen-bond donors (Lipinski definition) is 0. The lowest BCUT2D eigenvalue weighted by Gasteiger charge is -2.28. The summed E-state index contributed by atoms with van der Waals surface area (Å²) in [5.74, 6) is 0.358. The SMILES string of the molecule is CC(=O)N(C)C(c1ccc(Cl)cc1Cl)c1nnnn1-c1c(C)cccc1C. The fourth-order valence-corrected chi connectivity index (χ4v) is 3.60.